The second-order valence-corrected chi connectivity index (χ2v) is 6.53. The third-order valence-electron chi connectivity index (χ3n) is 3.91. The van der Waals surface area contributed by atoms with Gasteiger partial charge in [0, 0.05) is 23.6 Å². The van der Waals surface area contributed by atoms with Crippen LogP contribution in [0.15, 0.2) is 53.0 Å². The lowest BCUT2D eigenvalue weighted by Gasteiger charge is -2.22. The second-order valence-electron chi connectivity index (χ2n) is 5.61. The molecule has 21 heavy (non-hydrogen) atoms. The maximum absolute atomic E-state index is 5.22. The van der Waals surface area contributed by atoms with Gasteiger partial charge in [0.25, 0.3) is 0 Å². The van der Waals surface area contributed by atoms with Gasteiger partial charge in [-0.2, -0.15) is 0 Å². The zero-order valence-electron chi connectivity index (χ0n) is 12.3. The SMILES string of the molecule is COc1ccc(CN(Cc2ccc(Br)cc2)C2CC2)cc1. The summed E-state index contributed by atoms with van der Waals surface area (Å²) in [4.78, 5) is 2.57. The number of rotatable bonds is 6. The van der Waals surface area contributed by atoms with Crippen LogP contribution in [0.4, 0.5) is 0 Å². The number of benzene rings is 2. The molecule has 2 aromatic carbocycles. The summed E-state index contributed by atoms with van der Waals surface area (Å²) < 4.78 is 6.36. The van der Waals surface area contributed by atoms with E-state index in [-0.39, 0.29) is 0 Å². The summed E-state index contributed by atoms with van der Waals surface area (Å²) in [5.74, 6) is 0.921. The average molecular weight is 346 g/mol. The second kappa shape index (κ2) is 6.63. The Morgan fingerprint density at radius 1 is 0.952 bits per heavy atom. The highest BCUT2D eigenvalue weighted by atomic mass is 79.9. The Balaban J connectivity index is 1.68. The minimum absolute atomic E-state index is 0.746. The van der Waals surface area contributed by atoms with Crippen LogP contribution in [-0.4, -0.2) is 18.1 Å². The van der Waals surface area contributed by atoms with Gasteiger partial charge in [-0.3, -0.25) is 4.90 Å². The molecule has 3 heteroatoms. The number of ether oxygens (including phenoxy) is 1. The van der Waals surface area contributed by atoms with Crippen molar-refractivity contribution in [3.63, 3.8) is 0 Å². The van der Waals surface area contributed by atoms with Crippen LogP contribution in [0.25, 0.3) is 0 Å². The first-order valence-electron chi connectivity index (χ1n) is 7.36. The van der Waals surface area contributed by atoms with E-state index in [2.05, 4.69) is 57.2 Å². The van der Waals surface area contributed by atoms with Gasteiger partial charge in [-0.25, -0.2) is 0 Å². The summed E-state index contributed by atoms with van der Waals surface area (Å²) in [5.41, 5.74) is 2.72. The lowest BCUT2D eigenvalue weighted by Crippen LogP contribution is -2.25. The van der Waals surface area contributed by atoms with E-state index in [1.807, 2.05) is 12.1 Å². The van der Waals surface area contributed by atoms with Crippen molar-refractivity contribution in [1.29, 1.82) is 0 Å². The van der Waals surface area contributed by atoms with Crippen LogP contribution in [0.5, 0.6) is 5.75 Å². The predicted molar refractivity (Wildman–Crippen MR) is 89.4 cm³/mol. The topological polar surface area (TPSA) is 12.5 Å². The highest BCUT2D eigenvalue weighted by molar-refractivity contribution is 9.10. The number of methoxy groups -OCH3 is 1. The number of halogens is 1. The zero-order chi connectivity index (χ0) is 14.7. The zero-order valence-corrected chi connectivity index (χ0v) is 13.8. The van der Waals surface area contributed by atoms with Crippen LogP contribution in [0.2, 0.25) is 0 Å². The molecular weight excluding hydrogens is 326 g/mol. The maximum atomic E-state index is 5.22. The molecule has 1 aliphatic carbocycles. The largest absolute Gasteiger partial charge is 0.497 e. The Morgan fingerprint density at radius 3 is 1.95 bits per heavy atom. The Kier molecular flexibility index (Phi) is 4.61. The number of hydrogen-bond acceptors (Lipinski definition) is 2. The highest BCUT2D eigenvalue weighted by Crippen LogP contribution is 2.30. The van der Waals surface area contributed by atoms with Gasteiger partial charge in [0.1, 0.15) is 5.75 Å². The van der Waals surface area contributed by atoms with E-state index in [9.17, 15) is 0 Å². The third kappa shape index (κ3) is 4.08. The Labute approximate surface area is 134 Å². The van der Waals surface area contributed by atoms with Gasteiger partial charge in [0.05, 0.1) is 7.11 Å². The quantitative estimate of drug-likeness (QED) is 0.757. The molecule has 0 unspecified atom stereocenters. The van der Waals surface area contributed by atoms with Crippen LogP contribution in [0.1, 0.15) is 24.0 Å². The van der Waals surface area contributed by atoms with Gasteiger partial charge in [0.15, 0.2) is 0 Å². The first kappa shape index (κ1) is 14.6. The molecule has 1 saturated carbocycles. The summed E-state index contributed by atoms with van der Waals surface area (Å²) in [6.07, 6.45) is 2.65. The monoisotopic (exact) mass is 345 g/mol. The van der Waals surface area contributed by atoms with Gasteiger partial charge in [0.2, 0.25) is 0 Å². The fourth-order valence-corrected chi connectivity index (χ4v) is 2.81. The molecule has 0 aliphatic heterocycles. The van der Waals surface area contributed by atoms with Crippen molar-refractivity contribution in [1.82, 2.24) is 4.90 Å². The van der Waals surface area contributed by atoms with Gasteiger partial charge in [-0.15, -0.1) is 0 Å². The van der Waals surface area contributed by atoms with E-state index in [4.69, 9.17) is 4.74 Å². The molecule has 2 nitrogen and oxygen atoms in total. The molecule has 0 atom stereocenters. The van der Waals surface area contributed by atoms with Crippen LogP contribution >= 0.6 is 15.9 Å². The Hall–Kier alpha value is -1.32. The average Bonchev–Trinajstić information content (AvgIpc) is 3.34. The van der Waals surface area contributed by atoms with Crippen molar-refractivity contribution < 1.29 is 4.74 Å². The summed E-state index contributed by atoms with van der Waals surface area (Å²) in [7, 11) is 1.71. The molecule has 3 rings (SSSR count). The normalized spacial score (nSPS) is 14.4. The summed E-state index contributed by atoms with van der Waals surface area (Å²) in [6, 6.07) is 17.8. The molecule has 110 valence electrons. The molecule has 0 saturated heterocycles. The van der Waals surface area contributed by atoms with Crippen molar-refractivity contribution in [2.24, 2.45) is 0 Å². The van der Waals surface area contributed by atoms with Crippen LogP contribution in [0.3, 0.4) is 0 Å². The third-order valence-corrected chi connectivity index (χ3v) is 4.44. The molecule has 2 aromatic rings. The molecule has 1 fully saturated rings. The minimum Gasteiger partial charge on any atom is -0.497 e. The molecule has 1 aliphatic rings. The van der Waals surface area contributed by atoms with E-state index in [0.717, 1.165) is 29.4 Å². The van der Waals surface area contributed by atoms with E-state index >= 15 is 0 Å². The Morgan fingerprint density at radius 2 is 1.48 bits per heavy atom. The van der Waals surface area contributed by atoms with Crippen LogP contribution in [0, 0.1) is 0 Å². The predicted octanol–water partition coefficient (Wildman–Crippen LogP) is 4.62. The molecule has 0 spiro atoms. The van der Waals surface area contributed by atoms with Crippen molar-refractivity contribution >= 4 is 15.9 Å². The smallest absolute Gasteiger partial charge is 0.118 e. The van der Waals surface area contributed by atoms with Gasteiger partial charge < -0.3 is 4.74 Å². The van der Waals surface area contributed by atoms with Crippen molar-refractivity contribution in [2.45, 2.75) is 32.0 Å². The van der Waals surface area contributed by atoms with Crippen molar-refractivity contribution in [3.05, 3.63) is 64.1 Å². The number of hydrogen-bond donors (Lipinski definition) is 0. The van der Waals surface area contributed by atoms with E-state index < -0.39 is 0 Å². The highest BCUT2D eigenvalue weighted by Gasteiger charge is 2.28. The molecule has 0 amide bonds. The van der Waals surface area contributed by atoms with Gasteiger partial charge in [-0.05, 0) is 48.2 Å². The fourth-order valence-electron chi connectivity index (χ4n) is 2.54. The van der Waals surface area contributed by atoms with Gasteiger partial charge in [-0.1, -0.05) is 40.2 Å². The molecule has 0 N–H and O–H groups in total. The van der Waals surface area contributed by atoms with E-state index in [0.29, 0.717) is 0 Å². The molecule has 0 radical (unpaired) electrons. The van der Waals surface area contributed by atoms with Crippen molar-refractivity contribution in [3.8, 4) is 5.75 Å². The summed E-state index contributed by atoms with van der Waals surface area (Å²) in [6.45, 7) is 2.02. The van der Waals surface area contributed by atoms with E-state index in [1.165, 1.54) is 24.0 Å². The van der Waals surface area contributed by atoms with Gasteiger partial charge >= 0.3 is 0 Å². The van der Waals surface area contributed by atoms with Crippen LogP contribution in [-0.2, 0) is 13.1 Å². The standard InChI is InChI=1S/C18H20BrNO/c1-21-18-10-4-15(5-11-18)13-20(17-8-9-17)12-14-2-6-16(19)7-3-14/h2-7,10-11,17H,8-9,12-13H2,1H3. The lowest BCUT2D eigenvalue weighted by molar-refractivity contribution is 0.245. The summed E-state index contributed by atoms with van der Waals surface area (Å²) >= 11 is 3.49. The number of nitrogens with zero attached hydrogens (tertiary/aromatic N) is 1. The Bertz CT molecular complexity index is 575. The molecule has 0 aromatic heterocycles. The lowest BCUT2D eigenvalue weighted by atomic mass is 10.1. The van der Waals surface area contributed by atoms with Crippen LogP contribution < -0.4 is 4.74 Å². The maximum Gasteiger partial charge on any atom is 0.118 e. The van der Waals surface area contributed by atoms with Crippen molar-refractivity contribution in [2.75, 3.05) is 7.11 Å². The first-order valence-corrected chi connectivity index (χ1v) is 8.15. The van der Waals surface area contributed by atoms with E-state index in [1.54, 1.807) is 7.11 Å². The molecule has 0 heterocycles. The molecule has 0 bridgehead atoms. The molecular formula is C18H20BrNO. The summed E-state index contributed by atoms with van der Waals surface area (Å²) in [5, 5.41) is 0. The minimum atomic E-state index is 0.746. The first-order chi connectivity index (χ1) is 10.2. The fraction of sp³-hybridized carbons (Fsp3) is 0.333.